The molecule has 1 atom stereocenters. The second kappa shape index (κ2) is 7.77. The lowest BCUT2D eigenvalue weighted by Gasteiger charge is -2.23. The normalized spacial score (nSPS) is 14.9. The van der Waals surface area contributed by atoms with Crippen LogP contribution in [-0.2, 0) is 4.79 Å². The summed E-state index contributed by atoms with van der Waals surface area (Å²) in [5.41, 5.74) is 3.36. The molecule has 158 valence electrons. The number of benzene rings is 3. The fraction of sp³-hybridized carbons (Fsp3) is 0.0800. The number of pyridine rings is 1. The third kappa shape index (κ3) is 3.65. The van der Waals surface area contributed by atoms with Gasteiger partial charge in [0, 0.05) is 16.6 Å². The number of rotatable bonds is 3. The molecule has 32 heavy (non-hydrogen) atoms. The highest BCUT2D eigenvalue weighted by Gasteiger charge is 2.24. The van der Waals surface area contributed by atoms with Gasteiger partial charge in [0.2, 0.25) is 0 Å². The molecule has 0 aliphatic carbocycles. The van der Waals surface area contributed by atoms with Crippen molar-refractivity contribution < 1.29 is 18.7 Å². The van der Waals surface area contributed by atoms with Crippen LogP contribution in [0.15, 0.2) is 72.8 Å². The second-order valence-corrected chi connectivity index (χ2v) is 7.49. The van der Waals surface area contributed by atoms with Gasteiger partial charge in [0.1, 0.15) is 11.6 Å². The third-order valence-corrected chi connectivity index (χ3v) is 5.27. The molecule has 2 N–H and O–H groups in total. The molecule has 2 heterocycles. The summed E-state index contributed by atoms with van der Waals surface area (Å²) in [6.45, 7) is 1.67. The summed E-state index contributed by atoms with van der Waals surface area (Å²) in [5.74, 6) is -0.373. The van der Waals surface area contributed by atoms with E-state index in [4.69, 9.17) is 4.74 Å². The molecular formula is C25H18FN3O3. The lowest BCUT2D eigenvalue weighted by Crippen LogP contribution is -2.34. The molecule has 5 rings (SSSR count). The number of ether oxygens (including phenoxy) is 1. The highest BCUT2D eigenvalue weighted by Crippen LogP contribution is 2.33. The molecule has 2 amide bonds. The number of halogens is 1. The van der Waals surface area contributed by atoms with Crippen molar-refractivity contribution in [3.8, 4) is 17.0 Å². The number of aromatic nitrogens is 1. The van der Waals surface area contributed by atoms with Gasteiger partial charge in [-0.05, 0) is 61.5 Å². The molecule has 1 unspecified atom stereocenters. The van der Waals surface area contributed by atoms with Crippen molar-refractivity contribution in [3.05, 3.63) is 84.2 Å². The summed E-state index contributed by atoms with van der Waals surface area (Å²) in [7, 11) is 0. The first-order chi connectivity index (χ1) is 15.5. The van der Waals surface area contributed by atoms with E-state index in [1.165, 1.54) is 12.1 Å². The molecule has 1 aliphatic rings. The first-order valence-electron chi connectivity index (χ1n) is 10.1. The van der Waals surface area contributed by atoms with Gasteiger partial charge in [-0.15, -0.1) is 0 Å². The van der Waals surface area contributed by atoms with Crippen LogP contribution in [0.1, 0.15) is 17.3 Å². The topological polar surface area (TPSA) is 80.3 Å². The van der Waals surface area contributed by atoms with Crippen molar-refractivity contribution in [2.75, 3.05) is 10.6 Å². The lowest BCUT2D eigenvalue weighted by atomic mass is 10.0. The van der Waals surface area contributed by atoms with E-state index in [1.54, 1.807) is 43.3 Å². The standard InChI is InChI=1S/C25H18FN3O3/c1-14-24(30)29-22-12-17(10-11-23(22)32-14)27-25(31)19-13-21(15-6-8-16(26)9-7-15)28-20-5-3-2-4-18(19)20/h2-14H,1H3,(H,27,31)(H,29,30). The Labute approximate surface area is 183 Å². The molecule has 0 saturated heterocycles. The van der Waals surface area contributed by atoms with Crippen LogP contribution in [0.2, 0.25) is 0 Å². The Morgan fingerprint density at radius 3 is 2.66 bits per heavy atom. The number of nitrogens with one attached hydrogen (secondary N) is 2. The van der Waals surface area contributed by atoms with E-state index >= 15 is 0 Å². The van der Waals surface area contributed by atoms with E-state index in [9.17, 15) is 14.0 Å². The summed E-state index contributed by atoms with van der Waals surface area (Å²) >= 11 is 0. The number of carbonyl (C=O) groups is 2. The number of fused-ring (bicyclic) bond motifs is 2. The number of amides is 2. The molecular weight excluding hydrogens is 409 g/mol. The number of nitrogens with zero attached hydrogens (tertiary/aromatic N) is 1. The Balaban J connectivity index is 1.51. The maximum Gasteiger partial charge on any atom is 0.265 e. The largest absolute Gasteiger partial charge is 0.479 e. The van der Waals surface area contributed by atoms with Crippen LogP contribution in [-0.4, -0.2) is 22.9 Å². The quantitative estimate of drug-likeness (QED) is 0.482. The minimum absolute atomic E-state index is 0.245. The van der Waals surface area contributed by atoms with Crippen LogP contribution in [0.3, 0.4) is 0 Å². The fourth-order valence-electron chi connectivity index (χ4n) is 3.62. The number of hydrogen-bond donors (Lipinski definition) is 2. The Kier molecular flexibility index (Phi) is 4.78. The monoisotopic (exact) mass is 427 g/mol. The number of para-hydroxylation sites is 1. The van der Waals surface area contributed by atoms with E-state index in [2.05, 4.69) is 15.6 Å². The maximum atomic E-state index is 13.4. The van der Waals surface area contributed by atoms with Crippen molar-refractivity contribution in [1.29, 1.82) is 0 Å². The highest BCUT2D eigenvalue weighted by atomic mass is 19.1. The van der Waals surface area contributed by atoms with E-state index in [1.807, 2.05) is 24.3 Å². The first kappa shape index (κ1) is 19.7. The summed E-state index contributed by atoms with van der Waals surface area (Å²) in [4.78, 5) is 29.8. The van der Waals surface area contributed by atoms with Crippen molar-refractivity contribution in [3.63, 3.8) is 0 Å². The number of carbonyl (C=O) groups excluding carboxylic acids is 2. The molecule has 3 aromatic carbocycles. The predicted octanol–water partition coefficient (Wildman–Crippen LogP) is 5.01. The van der Waals surface area contributed by atoms with Crippen molar-refractivity contribution in [2.45, 2.75) is 13.0 Å². The zero-order chi connectivity index (χ0) is 22.2. The van der Waals surface area contributed by atoms with Gasteiger partial charge in [-0.2, -0.15) is 0 Å². The molecule has 1 aliphatic heterocycles. The van der Waals surface area contributed by atoms with E-state index in [0.29, 0.717) is 44.8 Å². The highest BCUT2D eigenvalue weighted by molar-refractivity contribution is 6.13. The SMILES string of the molecule is CC1Oc2ccc(NC(=O)c3cc(-c4ccc(F)cc4)nc4ccccc34)cc2NC1=O. The Morgan fingerprint density at radius 2 is 1.84 bits per heavy atom. The zero-order valence-electron chi connectivity index (χ0n) is 17.1. The predicted molar refractivity (Wildman–Crippen MR) is 120 cm³/mol. The molecule has 0 bridgehead atoms. The van der Waals surface area contributed by atoms with E-state index < -0.39 is 6.10 Å². The zero-order valence-corrected chi connectivity index (χ0v) is 17.1. The van der Waals surface area contributed by atoms with Crippen LogP contribution in [0.4, 0.5) is 15.8 Å². The molecule has 0 fully saturated rings. The number of anilines is 2. The molecule has 7 heteroatoms. The van der Waals surface area contributed by atoms with Crippen LogP contribution in [0.5, 0.6) is 5.75 Å². The van der Waals surface area contributed by atoms with Crippen LogP contribution in [0, 0.1) is 5.82 Å². The Bertz CT molecular complexity index is 1370. The van der Waals surface area contributed by atoms with Gasteiger partial charge in [0.05, 0.1) is 22.5 Å². The van der Waals surface area contributed by atoms with Crippen molar-refractivity contribution in [1.82, 2.24) is 4.98 Å². The van der Waals surface area contributed by atoms with Crippen molar-refractivity contribution >= 4 is 34.1 Å². The van der Waals surface area contributed by atoms with Gasteiger partial charge >= 0.3 is 0 Å². The molecule has 0 radical (unpaired) electrons. The Hall–Kier alpha value is -4.26. The van der Waals surface area contributed by atoms with Crippen LogP contribution >= 0.6 is 0 Å². The number of hydrogen-bond acceptors (Lipinski definition) is 4. The lowest BCUT2D eigenvalue weighted by molar-refractivity contribution is -0.122. The summed E-state index contributed by atoms with van der Waals surface area (Å²) in [6.07, 6.45) is -0.573. The molecule has 1 aromatic heterocycles. The van der Waals surface area contributed by atoms with Crippen LogP contribution < -0.4 is 15.4 Å². The van der Waals surface area contributed by atoms with Gasteiger partial charge in [0.15, 0.2) is 6.10 Å². The summed E-state index contributed by atoms with van der Waals surface area (Å²) in [5, 5.41) is 6.35. The van der Waals surface area contributed by atoms with Crippen molar-refractivity contribution in [2.24, 2.45) is 0 Å². The second-order valence-electron chi connectivity index (χ2n) is 7.49. The summed E-state index contributed by atoms with van der Waals surface area (Å²) in [6, 6.07) is 20.1. The molecule has 4 aromatic rings. The fourth-order valence-corrected chi connectivity index (χ4v) is 3.62. The smallest absolute Gasteiger partial charge is 0.265 e. The van der Waals surface area contributed by atoms with Gasteiger partial charge in [-0.25, -0.2) is 9.37 Å². The third-order valence-electron chi connectivity index (χ3n) is 5.27. The van der Waals surface area contributed by atoms with Gasteiger partial charge in [-0.1, -0.05) is 18.2 Å². The first-order valence-corrected chi connectivity index (χ1v) is 10.1. The maximum absolute atomic E-state index is 13.4. The molecule has 0 spiro atoms. The average molecular weight is 427 g/mol. The Morgan fingerprint density at radius 1 is 1.06 bits per heavy atom. The van der Waals surface area contributed by atoms with E-state index in [-0.39, 0.29) is 17.6 Å². The van der Waals surface area contributed by atoms with Crippen LogP contribution in [0.25, 0.3) is 22.2 Å². The summed E-state index contributed by atoms with van der Waals surface area (Å²) < 4.78 is 18.9. The van der Waals surface area contributed by atoms with Gasteiger partial charge in [0.25, 0.3) is 11.8 Å². The average Bonchev–Trinajstić information content (AvgIpc) is 2.79. The minimum Gasteiger partial charge on any atom is -0.479 e. The van der Waals surface area contributed by atoms with Gasteiger partial charge < -0.3 is 15.4 Å². The molecule has 6 nitrogen and oxygen atoms in total. The van der Waals surface area contributed by atoms with Gasteiger partial charge in [-0.3, -0.25) is 9.59 Å². The minimum atomic E-state index is -0.573. The molecule has 0 saturated carbocycles. The van der Waals surface area contributed by atoms with E-state index in [0.717, 1.165) is 0 Å².